The molecule has 0 saturated carbocycles. The minimum Gasteiger partial charge on any atom is -0.506 e. The second-order valence-corrected chi connectivity index (χ2v) is 7.26. The summed E-state index contributed by atoms with van der Waals surface area (Å²) in [6, 6.07) is 1.81. The number of pyridine rings is 1. The van der Waals surface area contributed by atoms with Crippen LogP contribution >= 0.6 is 23.2 Å². The van der Waals surface area contributed by atoms with Crippen LogP contribution in [0.25, 0.3) is 0 Å². The van der Waals surface area contributed by atoms with Gasteiger partial charge in [-0.3, -0.25) is 4.79 Å². The van der Waals surface area contributed by atoms with Crippen LogP contribution in [-0.4, -0.2) is 22.0 Å². The molecule has 5 nitrogen and oxygen atoms in total. The zero-order valence-corrected chi connectivity index (χ0v) is 15.8. The lowest BCUT2D eigenvalue weighted by Crippen LogP contribution is -2.39. The van der Waals surface area contributed by atoms with Gasteiger partial charge in [0.05, 0.1) is 21.9 Å². The van der Waals surface area contributed by atoms with Gasteiger partial charge >= 0.3 is 0 Å². The lowest BCUT2D eigenvalue weighted by Gasteiger charge is -2.31. The standard InChI is InChI=1S/C18H17Cl2F2N3O2/c1-8-17-10(18(22)23-7-15(17)26)4-9(24-8)2-3-16(27)25-14-6-12(20)11(19)5-13(14)21/h5-9,24,26H,2-4H2,1H3,(H,25,27). The number of fused-ring (bicyclic) bond motifs is 1. The van der Waals surface area contributed by atoms with Crippen molar-refractivity contribution in [3.05, 3.63) is 51.3 Å². The first-order valence-corrected chi connectivity index (χ1v) is 9.08. The van der Waals surface area contributed by atoms with Gasteiger partial charge in [-0.05, 0) is 31.9 Å². The molecule has 1 aromatic carbocycles. The molecule has 0 radical (unpaired) electrons. The third-order valence-corrected chi connectivity index (χ3v) is 5.25. The topological polar surface area (TPSA) is 74.2 Å². The average Bonchev–Trinajstić information content (AvgIpc) is 2.61. The predicted molar refractivity (Wildman–Crippen MR) is 99.2 cm³/mol. The summed E-state index contributed by atoms with van der Waals surface area (Å²) in [5, 5.41) is 15.8. The molecule has 0 spiro atoms. The summed E-state index contributed by atoms with van der Waals surface area (Å²) in [4.78, 5) is 15.7. The summed E-state index contributed by atoms with van der Waals surface area (Å²) in [5.41, 5.74) is 0.785. The van der Waals surface area contributed by atoms with Gasteiger partial charge in [0.1, 0.15) is 11.6 Å². The van der Waals surface area contributed by atoms with Crippen LogP contribution in [0.1, 0.15) is 36.9 Å². The van der Waals surface area contributed by atoms with Crippen molar-refractivity contribution in [2.45, 2.75) is 38.3 Å². The maximum absolute atomic E-state index is 14.0. The largest absolute Gasteiger partial charge is 0.506 e. The van der Waals surface area contributed by atoms with Crippen molar-refractivity contribution in [2.24, 2.45) is 0 Å². The van der Waals surface area contributed by atoms with Gasteiger partial charge in [0, 0.05) is 29.6 Å². The van der Waals surface area contributed by atoms with Crippen molar-refractivity contribution in [3.63, 3.8) is 0 Å². The highest BCUT2D eigenvalue weighted by atomic mass is 35.5. The summed E-state index contributed by atoms with van der Waals surface area (Å²) >= 11 is 11.6. The Kier molecular flexibility index (Phi) is 5.83. The molecule has 1 amide bonds. The van der Waals surface area contributed by atoms with Crippen molar-refractivity contribution in [1.29, 1.82) is 0 Å². The quantitative estimate of drug-likeness (QED) is 0.511. The summed E-state index contributed by atoms with van der Waals surface area (Å²) < 4.78 is 27.8. The molecule has 0 fully saturated rings. The van der Waals surface area contributed by atoms with Crippen LogP contribution in [0.5, 0.6) is 5.75 Å². The van der Waals surface area contributed by atoms with Gasteiger partial charge in [-0.15, -0.1) is 0 Å². The molecule has 1 aliphatic heterocycles. The molecular weight excluding hydrogens is 399 g/mol. The third kappa shape index (κ3) is 4.31. The first-order valence-electron chi connectivity index (χ1n) is 8.33. The lowest BCUT2D eigenvalue weighted by molar-refractivity contribution is -0.116. The van der Waals surface area contributed by atoms with E-state index >= 15 is 0 Å². The van der Waals surface area contributed by atoms with E-state index in [-0.39, 0.29) is 40.0 Å². The fraction of sp³-hybridized carbons (Fsp3) is 0.333. The molecule has 144 valence electrons. The number of nitrogens with zero attached hydrogens (tertiary/aromatic N) is 1. The SMILES string of the molecule is CC1NC(CCC(=O)Nc2cc(Cl)c(Cl)cc2F)Cc2c(F)ncc(O)c21. The molecule has 2 unspecified atom stereocenters. The summed E-state index contributed by atoms with van der Waals surface area (Å²) in [7, 11) is 0. The second kappa shape index (κ2) is 7.96. The molecule has 1 aromatic heterocycles. The third-order valence-electron chi connectivity index (χ3n) is 4.52. The number of nitrogens with one attached hydrogen (secondary N) is 2. The number of carbonyl (C=O) groups excluding carboxylic acids is 1. The Morgan fingerprint density at radius 2 is 2.07 bits per heavy atom. The highest BCUT2D eigenvalue weighted by Crippen LogP contribution is 2.34. The second-order valence-electron chi connectivity index (χ2n) is 6.45. The smallest absolute Gasteiger partial charge is 0.224 e. The molecule has 0 aliphatic carbocycles. The number of hydrogen-bond donors (Lipinski definition) is 3. The Balaban J connectivity index is 1.63. The van der Waals surface area contributed by atoms with E-state index in [1.807, 2.05) is 0 Å². The molecular formula is C18H17Cl2F2N3O2. The van der Waals surface area contributed by atoms with E-state index in [0.29, 0.717) is 24.0 Å². The first-order chi connectivity index (χ1) is 12.8. The number of anilines is 1. The highest BCUT2D eigenvalue weighted by molar-refractivity contribution is 6.42. The van der Waals surface area contributed by atoms with Crippen LogP contribution in [0.3, 0.4) is 0 Å². The lowest BCUT2D eigenvalue weighted by atomic mass is 9.89. The zero-order valence-electron chi connectivity index (χ0n) is 14.3. The van der Waals surface area contributed by atoms with E-state index in [2.05, 4.69) is 15.6 Å². The number of carbonyl (C=O) groups is 1. The number of halogens is 4. The molecule has 27 heavy (non-hydrogen) atoms. The minimum atomic E-state index is -0.681. The predicted octanol–water partition coefficient (Wildman–Crippen LogP) is 4.37. The molecule has 9 heteroatoms. The maximum atomic E-state index is 14.0. The number of aromatic hydroxyl groups is 1. The Labute approximate surface area is 164 Å². The van der Waals surface area contributed by atoms with E-state index in [0.717, 1.165) is 12.3 Å². The van der Waals surface area contributed by atoms with Crippen LogP contribution in [0.4, 0.5) is 14.5 Å². The van der Waals surface area contributed by atoms with E-state index in [1.54, 1.807) is 6.92 Å². The van der Waals surface area contributed by atoms with Crippen LogP contribution in [0, 0.1) is 11.8 Å². The molecule has 3 N–H and O–H groups in total. The fourth-order valence-corrected chi connectivity index (χ4v) is 3.59. The van der Waals surface area contributed by atoms with Crippen LogP contribution in [-0.2, 0) is 11.2 Å². The molecule has 2 aromatic rings. The number of amides is 1. The normalized spacial score (nSPS) is 18.9. The summed E-state index contributed by atoms with van der Waals surface area (Å²) in [6.45, 7) is 1.80. The van der Waals surface area contributed by atoms with Crippen molar-refractivity contribution in [1.82, 2.24) is 10.3 Å². The Morgan fingerprint density at radius 3 is 2.81 bits per heavy atom. The van der Waals surface area contributed by atoms with Gasteiger partial charge < -0.3 is 15.7 Å². The number of rotatable bonds is 4. The number of hydrogen-bond acceptors (Lipinski definition) is 4. The maximum Gasteiger partial charge on any atom is 0.224 e. The summed E-state index contributed by atoms with van der Waals surface area (Å²) in [6.07, 6.45) is 1.87. The van der Waals surface area contributed by atoms with Gasteiger partial charge in [-0.25, -0.2) is 9.37 Å². The zero-order chi connectivity index (χ0) is 19.7. The van der Waals surface area contributed by atoms with Gasteiger partial charge in [-0.2, -0.15) is 4.39 Å². The van der Waals surface area contributed by atoms with Crippen molar-refractivity contribution < 1.29 is 18.7 Å². The first kappa shape index (κ1) is 19.8. The van der Waals surface area contributed by atoms with Gasteiger partial charge in [0.15, 0.2) is 0 Å². The van der Waals surface area contributed by atoms with Crippen LogP contribution in [0.2, 0.25) is 10.0 Å². The van der Waals surface area contributed by atoms with Crippen molar-refractivity contribution in [3.8, 4) is 5.75 Å². The molecule has 2 atom stereocenters. The van der Waals surface area contributed by atoms with Crippen molar-refractivity contribution in [2.75, 3.05) is 5.32 Å². The number of aromatic nitrogens is 1. The van der Waals surface area contributed by atoms with E-state index in [4.69, 9.17) is 23.2 Å². The van der Waals surface area contributed by atoms with E-state index in [9.17, 15) is 18.7 Å². The van der Waals surface area contributed by atoms with E-state index < -0.39 is 17.7 Å². The average molecular weight is 416 g/mol. The fourth-order valence-electron chi connectivity index (χ4n) is 3.27. The Hall–Kier alpha value is -1.96. The highest BCUT2D eigenvalue weighted by Gasteiger charge is 2.29. The van der Waals surface area contributed by atoms with Crippen LogP contribution < -0.4 is 10.6 Å². The van der Waals surface area contributed by atoms with Crippen molar-refractivity contribution >= 4 is 34.8 Å². The summed E-state index contributed by atoms with van der Waals surface area (Å²) in [5.74, 6) is -1.76. The van der Waals surface area contributed by atoms with E-state index in [1.165, 1.54) is 6.07 Å². The minimum absolute atomic E-state index is 0.0510. The molecule has 3 rings (SSSR count). The Morgan fingerprint density at radius 1 is 1.37 bits per heavy atom. The van der Waals surface area contributed by atoms with Gasteiger partial charge in [0.25, 0.3) is 0 Å². The Bertz CT molecular complexity index is 895. The monoisotopic (exact) mass is 415 g/mol. The van der Waals surface area contributed by atoms with Gasteiger partial charge in [0.2, 0.25) is 11.9 Å². The molecule has 1 aliphatic rings. The van der Waals surface area contributed by atoms with Gasteiger partial charge in [-0.1, -0.05) is 23.2 Å². The van der Waals surface area contributed by atoms with Crippen LogP contribution in [0.15, 0.2) is 18.3 Å². The molecule has 2 heterocycles. The molecule has 0 saturated heterocycles. The number of benzene rings is 1. The molecule has 0 bridgehead atoms.